The van der Waals surface area contributed by atoms with E-state index in [4.69, 9.17) is 33.5 Å². The summed E-state index contributed by atoms with van der Waals surface area (Å²) in [6, 6.07) is 22.3. The summed E-state index contributed by atoms with van der Waals surface area (Å²) in [5, 5.41) is 198. The minimum absolute atomic E-state index is 0.0612. The summed E-state index contributed by atoms with van der Waals surface area (Å²) >= 11 is 0. The van der Waals surface area contributed by atoms with Crippen LogP contribution in [0.5, 0.6) is 155 Å². The number of carbonyl (C=O) groups excluding carboxylic acids is 9. The number of aryl methyl sites for hydroxylation is 1. The average Bonchev–Trinajstić information content (AvgIpc) is 0.778. The maximum Gasteiger partial charge on any atom is 0.308 e. The van der Waals surface area contributed by atoms with Crippen molar-refractivity contribution in [3.63, 3.8) is 0 Å². The molecule has 36 nitrogen and oxygen atoms in total. The third-order valence-corrected chi connectivity index (χ3v) is 15.7. The van der Waals surface area contributed by atoms with Crippen LogP contribution in [0.4, 0.5) is 0 Å². The fourth-order valence-corrected chi connectivity index (χ4v) is 9.84. The minimum atomic E-state index is -0.858. The molecule has 0 amide bonds. The van der Waals surface area contributed by atoms with Crippen molar-refractivity contribution in [1.29, 1.82) is 0 Å². The molecule has 0 unspecified atom stereocenters. The zero-order valence-electron chi connectivity index (χ0n) is 60.6. The lowest BCUT2D eigenvalue weighted by Crippen LogP contribution is -2.14. The topological polar surface area (TPSA) is 634 Å². The van der Waals surface area contributed by atoms with Gasteiger partial charge in [-0.05, 0) is 147 Å². The third kappa shape index (κ3) is 19.8. The monoisotopic (exact) mass is 1580 g/mol. The summed E-state index contributed by atoms with van der Waals surface area (Å²) in [5.41, 5.74) is 0.167. The van der Waals surface area contributed by atoms with Gasteiger partial charge < -0.3 is 136 Å². The number of carbonyl (C=O) groups is 9. The van der Waals surface area contributed by atoms with Gasteiger partial charge in [0.2, 0.25) is 28.7 Å². The van der Waals surface area contributed by atoms with Crippen molar-refractivity contribution in [1.82, 2.24) is 0 Å². The summed E-state index contributed by atoms with van der Waals surface area (Å²) in [4.78, 5) is 109. The molecule has 0 saturated heterocycles. The number of esters is 4. The molecule has 10 aromatic carbocycles. The van der Waals surface area contributed by atoms with Crippen LogP contribution in [0, 0.1) is 20.8 Å². The molecule has 0 fully saturated rings. The minimum Gasteiger partial charge on any atom is -0.508 e. The van der Waals surface area contributed by atoms with Gasteiger partial charge in [0.25, 0.3) is 0 Å². The number of rotatable bonds is 16. The molecule has 0 atom stereocenters. The Hall–Kier alpha value is -16.2. The zero-order chi connectivity index (χ0) is 85.7. The van der Waals surface area contributed by atoms with Gasteiger partial charge in [-0.3, -0.25) is 43.2 Å². The van der Waals surface area contributed by atoms with Gasteiger partial charge in [0.15, 0.2) is 138 Å². The predicted molar refractivity (Wildman–Crippen MR) is 389 cm³/mol. The summed E-state index contributed by atoms with van der Waals surface area (Å²) in [7, 11) is 2.45. The summed E-state index contributed by atoms with van der Waals surface area (Å²) in [6.45, 7) is 9.47. The molecule has 10 rings (SSSR count). The number of ketones is 5. The molecule has 0 aliphatic heterocycles. The van der Waals surface area contributed by atoms with Crippen LogP contribution in [0.3, 0.4) is 0 Å². The van der Waals surface area contributed by atoms with Gasteiger partial charge in [0, 0.05) is 61.1 Å². The van der Waals surface area contributed by atoms with E-state index >= 15 is 0 Å². The second-order valence-electron chi connectivity index (χ2n) is 23.6. The Kier molecular flexibility index (Phi) is 27.5. The maximum absolute atomic E-state index is 13.3. The largest absolute Gasteiger partial charge is 0.508 e. The SMILES string of the molecule is CC(=O)Oc1cc(C(=O)c2ccc(C)c(C)c2OC(C)=O)cc(OC(C)=O)c1OC(C)=O.COc1c(C(=O)c2cc(O)c(O)c(O)c2)ccc(O)c1O.COc1cc(C(=O)c2ccc(O)c(O)c2O)cc(O)c1O.Cc1c(O)ccc(C(=O)c2cc(O)c(O)c(O)c2)c1O.O=C(c1cc(O)c(O)c(O)c1)c1ccc(O)c(O)c1O. The number of phenols is 21. The first kappa shape index (κ1) is 86.7. The van der Waals surface area contributed by atoms with Gasteiger partial charge in [0.05, 0.1) is 42.0 Å². The van der Waals surface area contributed by atoms with Crippen molar-refractivity contribution in [2.45, 2.75) is 48.5 Å². The molecule has 36 heteroatoms. The van der Waals surface area contributed by atoms with E-state index < -0.39 is 162 Å². The molecule has 596 valence electrons. The average molecular weight is 1580 g/mol. The van der Waals surface area contributed by atoms with Crippen LogP contribution >= 0.6 is 0 Å². The van der Waals surface area contributed by atoms with Crippen molar-refractivity contribution in [2.24, 2.45) is 0 Å². The molecular formula is C78H68O36. The standard InChI is InChI=1S/C23H22O9.2C14H12O7.C14H12O6.C13H10O7/c1-11-7-8-18(22(12(11)2)31-15(5)26)21(28)17-9-19(29-13(3)24)23(32-16(6)27)20(10-17)30-14(4)25;1-21-14-7(2-3-8(15)13(14)20)11(18)6-4-9(16)12(19)10(17)5-6;1-21-10-5-6(4-9(16)13(10)19)11(17)7-2-3-8(15)14(20)12(7)18;1-6-9(15)3-2-8(12(6)18)13(19)7-4-10(16)14(20)11(17)5-7;14-7-2-1-6(11(18)13(7)20)10(17)5-3-8(15)12(19)9(16)4-5/h7-10H,1-6H3;2-5,15-17,19-20H,1H3;2-5,15-16,18-20H,1H3;2-5,15-18,20H,1H3;1-4,14-16,18-20H. The van der Waals surface area contributed by atoms with Gasteiger partial charge >= 0.3 is 23.9 Å². The summed E-state index contributed by atoms with van der Waals surface area (Å²) in [5.74, 6) is -21.1. The second-order valence-corrected chi connectivity index (χ2v) is 23.6. The van der Waals surface area contributed by atoms with Crippen molar-refractivity contribution in [2.75, 3.05) is 14.2 Å². The smallest absolute Gasteiger partial charge is 0.308 e. The fourth-order valence-electron chi connectivity index (χ4n) is 9.84. The molecule has 10 aromatic rings. The van der Waals surface area contributed by atoms with Gasteiger partial charge in [-0.1, -0.05) is 6.07 Å². The quantitative estimate of drug-likeness (QED) is 0.0185. The Bertz CT molecular complexity index is 5310. The number of hydrogen-bond donors (Lipinski definition) is 21. The molecule has 0 aromatic heterocycles. The predicted octanol–water partition coefficient (Wildman–Crippen LogP) is 9.05. The fraction of sp³-hybridized carbons (Fsp3) is 0.115. The van der Waals surface area contributed by atoms with Gasteiger partial charge in [-0.25, -0.2) is 0 Å². The van der Waals surface area contributed by atoms with Crippen LogP contribution < -0.4 is 28.4 Å². The van der Waals surface area contributed by atoms with E-state index in [2.05, 4.69) is 0 Å². The van der Waals surface area contributed by atoms with Gasteiger partial charge in [-0.2, -0.15) is 0 Å². The number of benzene rings is 10. The zero-order valence-corrected chi connectivity index (χ0v) is 60.6. The molecule has 0 bridgehead atoms. The molecular weight excluding hydrogens is 1510 g/mol. The van der Waals surface area contributed by atoms with E-state index in [-0.39, 0.29) is 107 Å². The molecule has 21 N–H and O–H groups in total. The van der Waals surface area contributed by atoms with Crippen LogP contribution in [0.15, 0.2) is 121 Å². The van der Waals surface area contributed by atoms with E-state index in [1.165, 1.54) is 70.5 Å². The Morgan fingerprint density at radius 2 is 0.500 bits per heavy atom. The van der Waals surface area contributed by atoms with Gasteiger partial charge in [-0.15, -0.1) is 0 Å². The van der Waals surface area contributed by atoms with Crippen molar-refractivity contribution < 1.29 is 179 Å². The summed E-state index contributed by atoms with van der Waals surface area (Å²) < 4.78 is 30.2. The number of ether oxygens (including phenoxy) is 6. The van der Waals surface area contributed by atoms with Crippen LogP contribution in [-0.2, 0) is 19.2 Å². The summed E-state index contributed by atoms with van der Waals surface area (Å²) in [6.07, 6.45) is 0. The Labute approximate surface area is 640 Å². The molecule has 0 radical (unpaired) electrons. The lowest BCUT2D eigenvalue weighted by molar-refractivity contribution is -0.135. The van der Waals surface area contributed by atoms with E-state index in [9.17, 15) is 145 Å². The lowest BCUT2D eigenvalue weighted by atomic mass is 9.97. The van der Waals surface area contributed by atoms with Crippen LogP contribution in [0.2, 0.25) is 0 Å². The van der Waals surface area contributed by atoms with Crippen LogP contribution in [0.1, 0.15) is 124 Å². The van der Waals surface area contributed by atoms with Gasteiger partial charge in [0.1, 0.15) is 17.2 Å². The second kappa shape index (κ2) is 36.2. The van der Waals surface area contributed by atoms with Crippen molar-refractivity contribution in [3.8, 4) is 155 Å². The van der Waals surface area contributed by atoms with Crippen molar-refractivity contribution >= 4 is 52.8 Å². The van der Waals surface area contributed by atoms with E-state index in [1.54, 1.807) is 19.9 Å². The number of aromatic hydroxyl groups is 21. The first-order valence-electron chi connectivity index (χ1n) is 32.0. The number of phenolic OH excluding ortho intramolecular Hbond substituents is 21. The van der Waals surface area contributed by atoms with E-state index in [1.807, 2.05) is 0 Å². The highest BCUT2D eigenvalue weighted by Crippen LogP contribution is 2.47. The van der Waals surface area contributed by atoms with E-state index in [0.717, 1.165) is 99.1 Å². The van der Waals surface area contributed by atoms with Crippen molar-refractivity contribution in [3.05, 3.63) is 194 Å². The molecule has 0 aliphatic rings. The van der Waals surface area contributed by atoms with Crippen LogP contribution in [-0.4, -0.2) is 174 Å². The first-order chi connectivity index (χ1) is 53.3. The van der Waals surface area contributed by atoms with Crippen LogP contribution in [0.25, 0.3) is 0 Å². The molecule has 0 spiro atoms. The Morgan fingerprint density at radius 3 is 0.851 bits per heavy atom. The first-order valence-corrected chi connectivity index (χ1v) is 32.0. The Balaban J connectivity index is 0.000000225. The maximum atomic E-state index is 13.3. The number of methoxy groups -OCH3 is 2. The number of hydrogen-bond acceptors (Lipinski definition) is 36. The highest BCUT2D eigenvalue weighted by Gasteiger charge is 2.29. The normalized spacial score (nSPS) is 10.3. The molecule has 0 saturated carbocycles. The highest BCUT2D eigenvalue weighted by molar-refractivity contribution is 6.15. The third-order valence-electron chi connectivity index (χ3n) is 15.7. The van der Waals surface area contributed by atoms with E-state index in [0.29, 0.717) is 5.56 Å². The lowest BCUT2D eigenvalue weighted by Gasteiger charge is -2.16. The molecule has 0 aliphatic carbocycles. The molecule has 0 heterocycles. The highest BCUT2D eigenvalue weighted by atomic mass is 16.6. The Morgan fingerprint density at radius 1 is 0.228 bits per heavy atom. The molecule has 114 heavy (non-hydrogen) atoms.